The molecule has 1 atom stereocenters. The van der Waals surface area contributed by atoms with Gasteiger partial charge in [0.05, 0.1) is 4.92 Å². The van der Waals surface area contributed by atoms with Crippen molar-refractivity contribution in [2.45, 2.75) is 19.4 Å². The zero-order chi connectivity index (χ0) is 13.8. The van der Waals surface area contributed by atoms with Crippen LogP contribution in [0.15, 0.2) is 18.2 Å². The molecule has 0 spiro atoms. The monoisotopic (exact) mass is 284 g/mol. The second-order valence-electron chi connectivity index (χ2n) is 4.96. The Labute approximate surface area is 116 Å². The number of halogens is 1. The van der Waals surface area contributed by atoms with Gasteiger partial charge in [0, 0.05) is 36.9 Å². The Kier molecular flexibility index (Phi) is 4.74. The number of likely N-dealkylation sites (tertiary alicyclic amines) is 1. The van der Waals surface area contributed by atoms with Crippen molar-refractivity contribution in [1.29, 1.82) is 0 Å². The predicted molar refractivity (Wildman–Crippen MR) is 73.2 cm³/mol. The SMILES string of the molecule is O=[N+]([O-])c1ccc(Cl)c(CN2CCCC(CO)C2)c1. The van der Waals surface area contributed by atoms with E-state index >= 15 is 0 Å². The van der Waals surface area contributed by atoms with Gasteiger partial charge in [0.15, 0.2) is 0 Å². The van der Waals surface area contributed by atoms with Gasteiger partial charge in [-0.2, -0.15) is 0 Å². The number of aliphatic hydroxyl groups is 1. The first-order valence-electron chi connectivity index (χ1n) is 6.36. The Balaban J connectivity index is 2.09. The average Bonchev–Trinajstić information content (AvgIpc) is 2.41. The molecule has 1 aliphatic rings. The highest BCUT2D eigenvalue weighted by Gasteiger charge is 2.20. The van der Waals surface area contributed by atoms with Crippen LogP contribution >= 0.6 is 11.6 Å². The first-order chi connectivity index (χ1) is 9.10. The van der Waals surface area contributed by atoms with Gasteiger partial charge in [0.2, 0.25) is 0 Å². The first-order valence-corrected chi connectivity index (χ1v) is 6.74. The van der Waals surface area contributed by atoms with Gasteiger partial charge in [-0.05, 0) is 36.9 Å². The number of rotatable bonds is 4. The predicted octanol–water partition coefficient (Wildman–Crippen LogP) is 2.45. The van der Waals surface area contributed by atoms with Crippen LogP contribution in [0.5, 0.6) is 0 Å². The molecule has 0 aliphatic carbocycles. The topological polar surface area (TPSA) is 66.6 Å². The summed E-state index contributed by atoms with van der Waals surface area (Å²) < 4.78 is 0. The summed E-state index contributed by atoms with van der Waals surface area (Å²) in [4.78, 5) is 12.6. The molecule has 5 nitrogen and oxygen atoms in total. The number of hydrogen-bond donors (Lipinski definition) is 1. The highest BCUT2D eigenvalue weighted by Crippen LogP contribution is 2.25. The summed E-state index contributed by atoms with van der Waals surface area (Å²) in [5.41, 5.74) is 0.838. The van der Waals surface area contributed by atoms with Crippen molar-refractivity contribution in [2.75, 3.05) is 19.7 Å². The third-order valence-corrected chi connectivity index (χ3v) is 3.86. The van der Waals surface area contributed by atoms with Gasteiger partial charge in [-0.25, -0.2) is 0 Å². The fourth-order valence-corrected chi connectivity index (χ4v) is 2.66. The Hall–Kier alpha value is -1.17. The molecule has 1 aromatic carbocycles. The van der Waals surface area contributed by atoms with E-state index < -0.39 is 4.92 Å². The van der Waals surface area contributed by atoms with Crippen molar-refractivity contribution in [1.82, 2.24) is 4.90 Å². The average molecular weight is 285 g/mol. The van der Waals surface area contributed by atoms with Crippen molar-refractivity contribution in [3.8, 4) is 0 Å². The van der Waals surface area contributed by atoms with E-state index in [4.69, 9.17) is 11.6 Å². The molecule has 1 N–H and O–H groups in total. The third kappa shape index (κ3) is 3.65. The molecule has 1 heterocycles. The van der Waals surface area contributed by atoms with Crippen LogP contribution in [-0.4, -0.2) is 34.6 Å². The van der Waals surface area contributed by atoms with Crippen LogP contribution in [0.4, 0.5) is 5.69 Å². The van der Waals surface area contributed by atoms with Crippen molar-refractivity contribution in [3.63, 3.8) is 0 Å². The fraction of sp³-hybridized carbons (Fsp3) is 0.538. The molecule has 19 heavy (non-hydrogen) atoms. The van der Waals surface area contributed by atoms with Crippen LogP contribution in [0, 0.1) is 16.0 Å². The van der Waals surface area contributed by atoms with Crippen LogP contribution in [0.2, 0.25) is 5.02 Å². The number of non-ortho nitro benzene ring substituents is 1. The first kappa shape index (κ1) is 14.2. The van der Waals surface area contributed by atoms with Gasteiger partial charge >= 0.3 is 0 Å². The molecule has 1 fully saturated rings. The minimum atomic E-state index is -0.410. The second kappa shape index (κ2) is 6.32. The lowest BCUT2D eigenvalue weighted by Gasteiger charge is -2.31. The van der Waals surface area contributed by atoms with E-state index in [9.17, 15) is 15.2 Å². The van der Waals surface area contributed by atoms with Gasteiger partial charge in [-0.3, -0.25) is 15.0 Å². The van der Waals surface area contributed by atoms with Crippen LogP contribution in [0.1, 0.15) is 18.4 Å². The number of nitro groups is 1. The number of piperidine rings is 1. The number of benzene rings is 1. The molecule has 0 bridgehead atoms. The van der Waals surface area contributed by atoms with E-state index in [1.807, 2.05) is 0 Å². The van der Waals surface area contributed by atoms with Crippen LogP contribution < -0.4 is 0 Å². The van der Waals surface area contributed by atoms with E-state index in [1.54, 1.807) is 6.07 Å². The largest absolute Gasteiger partial charge is 0.396 e. The summed E-state index contributed by atoms with van der Waals surface area (Å²) >= 11 is 6.09. The zero-order valence-electron chi connectivity index (χ0n) is 10.6. The third-order valence-electron chi connectivity index (χ3n) is 3.50. The standard InChI is InChI=1S/C13H17ClN2O3/c14-13-4-3-12(16(18)19)6-11(13)8-15-5-1-2-10(7-15)9-17/h3-4,6,10,17H,1-2,5,7-9H2. The number of nitro benzene ring substituents is 1. The molecular weight excluding hydrogens is 268 g/mol. The van der Waals surface area contributed by atoms with Gasteiger partial charge in [-0.15, -0.1) is 0 Å². The highest BCUT2D eigenvalue weighted by molar-refractivity contribution is 6.31. The quantitative estimate of drug-likeness (QED) is 0.681. The summed E-state index contributed by atoms with van der Waals surface area (Å²) in [5, 5.41) is 20.5. The van der Waals surface area contributed by atoms with Crippen molar-refractivity contribution < 1.29 is 10.0 Å². The maximum Gasteiger partial charge on any atom is 0.269 e. The zero-order valence-corrected chi connectivity index (χ0v) is 11.3. The molecule has 6 heteroatoms. The molecule has 0 saturated carbocycles. The summed E-state index contributed by atoms with van der Waals surface area (Å²) in [7, 11) is 0. The molecule has 2 rings (SSSR count). The summed E-state index contributed by atoms with van der Waals surface area (Å²) in [6.45, 7) is 2.54. The van der Waals surface area contributed by atoms with E-state index in [0.29, 0.717) is 17.5 Å². The summed E-state index contributed by atoms with van der Waals surface area (Å²) in [6, 6.07) is 4.52. The van der Waals surface area contributed by atoms with Crippen LogP contribution in [-0.2, 0) is 6.54 Å². The highest BCUT2D eigenvalue weighted by atomic mass is 35.5. The van der Waals surface area contributed by atoms with Gasteiger partial charge < -0.3 is 5.11 Å². The number of aliphatic hydroxyl groups excluding tert-OH is 1. The van der Waals surface area contributed by atoms with Crippen molar-refractivity contribution >= 4 is 17.3 Å². The maximum atomic E-state index is 10.8. The Bertz CT molecular complexity index is 467. The fourth-order valence-electron chi connectivity index (χ4n) is 2.48. The number of nitrogens with zero attached hydrogens (tertiary/aromatic N) is 2. The smallest absolute Gasteiger partial charge is 0.269 e. The molecule has 1 aliphatic heterocycles. The molecule has 0 aromatic heterocycles. The van der Waals surface area contributed by atoms with Crippen molar-refractivity contribution in [3.05, 3.63) is 38.9 Å². The van der Waals surface area contributed by atoms with Gasteiger partial charge in [0.25, 0.3) is 5.69 Å². The minimum Gasteiger partial charge on any atom is -0.396 e. The molecule has 1 unspecified atom stereocenters. The number of hydrogen-bond acceptors (Lipinski definition) is 4. The lowest BCUT2D eigenvalue weighted by Crippen LogP contribution is -2.36. The summed E-state index contributed by atoms with van der Waals surface area (Å²) in [6.07, 6.45) is 2.08. The lowest BCUT2D eigenvalue weighted by molar-refractivity contribution is -0.384. The minimum absolute atomic E-state index is 0.0649. The van der Waals surface area contributed by atoms with Gasteiger partial charge in [-0.1, -0.05) is 11.6 Å². The molecule has 104 valence electrons. The molecular formula is C13H17ClN2O3. The molecule has 0 radical (unpaired) electrons. The van der Waals surface area contributed by atoms with E-state index in [1.165, 1.54) is 12.1 Å². The molecule has 1 saturated heterocycles. The van der Waals surface area contributed by atoms with E-state index in [0.717, 1.165) is 31.5 Å². The van der Waals surface area contributed by atoms with E-state index in [-0.39, 0.29) is 12.3 Å². The van der Waals surface area contributed by atoms with Gasteiger partial charge in [0.1, 0.15) is 0 Å². The maximum absolute atomic E-state index is 10.8. The molecule has 1 aromatic rings. The second-order valence-corrected chi connectivity index (χ2v) is 5.37. The van der Waals surface area contributed by atoms with Crippen LogP contribution in [0.3, 0.4) is 0 Å². The Morgan fingerprint density at radius 3 is 3.00 bits per heavy atom. The lowest BCUT2D eigenvalue weighted by atomic mass is 9.98. The summed E-state index contributed by atoms with van der Waals surface area (Å²) in [5.74, 6) is 0.297. The van der Waals surface area contributed by atoms with Crippen molar-refractivity contribution in [2.24, 2.45) is 5.92 Å². The van der Waals surface area contributed by atoms with E-state index in [2.05, 4.69) is 4.90 Å². The Morgan fingerprint density at radius 2 is 2.32 bits per heavy atom. The normalized spacial score (nSPS) is 20.4. The Morgan fingerprint density at radius 1 is 1.53 bits per heavy atom. The molecule has 0 amide bonds. The van der Waals surface area contributed by atoms with Crippen LogP contribution in [0.25, 0.3) is 0 Å².